The molecule has 1 rings (SSSR count). The molecule has 0 saturated carbocycles. The molecular weight excluding hydrogens is 192 g/mol. The van der Waals surface area contributed by atoms with Gasteiger partial charge in [0.15, 0.2) is 0 Å². The molecule has 3 N–H and O–H groups in total. The number of para-hydroxylation sites is 2. The van der Waals surface area contributed by atoms with Gasteiger partial charge >= 0.3 is 6.03 Å². The molecule has 2 amide bonds. The van der Waals surface area contributed by atoms with Crippen LogP contribution >= 0.6 is 0 Å². The number of unbranched alkanes of at least 4 members (excludes halogenated alkanes) is 1. The minimum absolute atomic E-state index is 0.582. The predicted molar refractivity (Wildman–Crippen MR) is 60.1 cm³/mol. The van der Waals surface area contributed by atoms with E-state index in [9.17, 15) is 4.79 Å². The quantitative estimate of drug-likeness (QED) is 0.729. The van der Waals surface area contributed by atoms with Crippen LogP contribution in [-0.2, 0) is 0 Å². The Morgan fingerprint density at radius 3 is 2.87 bits per heavy atom. The number of rotatable bonds is 5. The molecule has 0 aromatic heterocycles. The first-order valence-corrected chi connectivity index (χ1v) is 5.02. The first kappa shape index (κ1) is 11.4. The lowest BCUT2D eigenvalue weighted by Crippen LogP contribution is -2.19. The Kier molecular flexibility index (Phi) is 4.47. The topological polar surface area (TPSA) is 64.3 Å². The van der Waals surface area contributed by atoms with E-state index < -0.39 is 6.03 Å². The van der Waals surface area contributed by atoms with E-state index in [4.69, 9.17) is 10.5 Å². The van der Waals surface area contributed by atoms with Crippen LogP contribution in [0.25, 0.3) is 0 Å². The van der Waals surface area contributed by atoms with Crippen LogP contribution in [0.15, 0.2) is 24.3 Å². The van der Waals surface area contributed by atoms with Gasteiger partial charge < -0.3 is 15.8 Å². The fraction of sp³-hybridized carbons (Fsp3) is 0.364. The molecule has 0 spiro atoms. The summed E-state index contributed by atoms with van der Waals surface area (Å²) in [5.74, 6) is 0.657. The van der Waals surface area contributed by atoms with Crippen molar-refractivity contribution in [3.8, 4) is 5.75 Å². The molecule has 4 nitrogen and oxygen atoms in total. The molecule has 0 aliphatic carbocycles. The summed E-state index contributed by atoms with van der Waals surface area (Å²) in [6.45, 7) is 2.74. The van der Waals surface area contributed by atoms with Crippen molar-refractivity contribution in [3.05, 3.63) is 24.3 Å². The first-order chi connectivity index (χ1) is 7.24. The van der Waals surface area contributed by atoms with Crippen molar-refractivity contribution in [2.75, 3.05) is 11.9 Å². The van der Waals surface area contributed by atoms with Crippen molar-refractivity contribution in [2.24, 2.45) is 5.73 Å². The number of hydrogen-bond acceptors (Lipinski definition) is 2. The lowest BCUT2D eigenvalue weighted by Gasteiger charge is -2.10. The van der Waals surface area contributed by atoms with E-state index in [0.29, 0.717) is 18.0 Å². The Balaban J connectivity index is 2.64. The molecule has 0 aliphatic heterocycles. The number of carbonyl (C=O) groups excluding carboxylic acids is 1. The first-order valence-electron chi connectivity index (χ1n) is 5.02. The number of ether oxygens (including phenoxy) is 1. The normalized spacial score (nSPS) is 9.67. The summed E-state index contributed by atoms with van der Waals surface area (Å²) in [4.78, 5) is 10.7. The maximum absolute atomic E-state index is 10.7. The Hall–Kier alpha value is -1.71. The summed E-state index contributed by atoms with van der Waals surface area (Å²) >= 11 is 0. The third kappa shape index (κ3) is 3.89. The number of hydrogen-bond donors (Lipinski definition) is 2. The van der Waals surface area contributed by atoms with Crippen molar-refractivity contribution in [1.82, 2.24) is 0 Å². The van der Waals surface area contributed by atoms with Crippen molar-refractivity contribution in [3.63, 3.8) is 0 Å². The van der Waals surface area contributed by atoms with Crippen LogP contribution in [0.2, 0.25) is 0 Å². The van der Waals surface area contributed by atoms with Crippen LogP contribution in [-0.4, -0.2) is 12.6 Å². The fourth-order valence-electron chi connectivity index (χ4n) is 1.15. The SMILES string of the molecule is CCCCOc1ccccc1NC(N)=O. The Morgan fingerprint density at radius 1 is 1.47 bits per heavy atom. The summed E-state index contributed by atoms with van der Waals surface area (Å²) in [6.07, 6.45) is 2.07. The third-order valence-corrected chi connectivity index (χ3v) is 1.90. The minimum atomic E-state index is -0.582. The molecule has 1 aromatic carbocycles. The summed E-state index contributed by atoms with van der Waals surface area (Å²) in [5.41, 5.74) is 5.65. The highest BCUT2D eigenvalue weighted by molar-refractivity contribution is 5.89. The zero-order chi connectivity index (χ0) is 11.1. The molecule has 0 aliphatic rings. The zero-order valence-corrected chi connectivity index (χ0v) is 8.82. The zero-order valence-electron chi connectivity index (χ0n) is 8.82. The standard InChI is InChI=1S/C11H16N2O2/c1-2-3-8-15-10-7-5-4-6-9(10)13-11(12)14/h4-7H,2-3,8H2,1H3,(H3,12,13,14). The number of primary amides is 1. The van der Waals surface area contributed by atoms with Crippen molar-refractivity contribution in [1.29, 1.82) is 0 Å². The maximum Gasteiger partial charge on any atom is 0.316 e. The van der Waals surface area contributed by atoms with Crippen molar-refractivity contribution in [2.45, 2.75) is 19.8 Å². The Labute approximate surface area is 89.4 Å². The van der Waals surface area contributed by atoms with Gasteiger partial charge in [0.1, 0.15) is 5.75 Å². The number of urea groups is 1. The number of nitrogens with two attached hydrogens (primary N) is 1. The lowest BCUT2D eigenvalue weighted by molar-refractivity contribution is 0.259. The Bertz CT molecular complexity index is 326. The second-order valence-electron chi connectivity index (χ2n) is 3.19. The second kappa shape index (κ2) is 5.90. The highest BCUT2D eigenvalue weighted by atomic mass is 16.5. The molecule has 0 saturated heterocycles. The molecular formula is C11H16N2O2. The van der Waals surface area contributed by atoms with Gasteiger partial charge in [-0.15, -0.1) is 0 Å². The molecule has 0 unspecified atom stereocenters. The molecule has 4 heteroatoms. The minimum Gasteiger partial charge on any atom is -0.491 e. The van der Waals surface area contributed by atoms with Gasteiger partial charge in [0.25, 0.3) is 0 Å². The maximum atomic E-state index is 10.7. The van der Waals surface area contributed by atoms with Gasteiger partial charge in [-0.1, -0.05) is 25.5 Å². The van der Waals surface area contributed by atoms with Crippen LogP contribution in [0.3, 0.4) is 0 Å². The van der Waals surface area contributed by atoms with E-state index in [1.807, 2.05) is 12.1 Å². The average molecular weight is 208 g/mol. The highest BCUT2D eigenvalue weighted by Gasteiger charge is 2.03. The molecule has 0 fully saturated rings. The Morgan fingerprint density at radius 2 is 2.20 bits per heavy atom. The number of anilines is 1. The van der Waals surface area contributed by atoms with Crippen LogP contribution < -0.4 is 15.8 Å². The van der Waals surface area contributed by atoms with E-state index in [-0.39, 0.29) is 0 Å². The van der Waals surface area contributed by atoms with Crippen LogP contribution in [0.5, 0.6) is 5.75 Å². The van der Waals surface area contributed by atoms with Crippen LogP contribution in [0.4, 0.5) is 10.5 Å². The average Bonchev–Trinajstić information content (AvgIpc) is 2.20. The fourth-order valence-corrected chi connectivity index (χ4v) is 1.15. The summed E-state index contributed by atoms with van der Waals surface area (Å²) < 4.78 is 5.51. The summed E-state index contributed by atoms with van der Waals surface area (Å²) in [7, 11) is 0. The second-order valence-corrected chi connectivity index (χ2v) is 3.19. The van der Waals surface area contributed by atoms with Gasteiger partial charge in [-0.05, 0) is 18.6 Å². The van der Waals surface area contributed by atoms with Crippen molar-refractivity contribution < 1.29 is 9.53 Å². The van der Waals surface area contributed by atoms with Gasteiger partial charge in [-0.25, -0.2) is 4.79 Å². The lowest BCUT2D eigenvalue weighted by atomic mass is 10.3. The molecule has 15 heavy (non-hydrogen) atoms. The molecule has 0 bridgehead atoms. The number of amides is 2. The molecule has 0 radical (unpaired) electrons. The van der Waals surface area contributed by atoms with E-state index in [1.165, 1.54) is 0 Å². The molecule has 0 atom stereocenters. The summed E-state index contributed by atoms with van der Waals surface area (Å²) in [5, 5.41) is 2.51. The number of benzene rings is 1. The molecule has 1 aromatic rings. The highest BCUT2D eigenvalue weighted by Crippen LogP contribution is 2.23. The van der Waals surface area contributed by atoms with E-state index in [0.717, 1.165) is 12.8 Å². The van der Waals surface area contributed by atoms with E-state index in [1.54, 1.807) is 12.1 Å². The molecule has 0 heterocycles. The van der Waals surface area contributed by atoms with Gasteiger partial charge in [-0.3, -0.25) is 0 Å². The third-order valence-electron chi connectivity index (χ3n) is 1.90. The van der Waals surface area contributed by atoms with Gasteiger partial charge in [0.05, 0.1) is 12.3 Å². The van der Waals surface area contributed by atoms with E-state index in [2.05, 4.69) is 12.2 Å². The van der Waals surface area contributed by atoms with Crippen molar-refractivity contribution >= 4 is 11.7 Å². The van der Waals surface area contributed by atoms with Crippen LogP contribution in [0, 0.1) is 0 Å². The van der Waals surface area contributed by atoms with Gasteiger partial charge in [-0.2, -0.15) is 0 Å². The number of nitrogens with one attached hydrogen (secondary N) is 1. The monoisotopic (exact) mass is 208 g/mol. The van der Waals surface area contributed by atoms with Crippen LogP contribution in [0.1, 0.15) is 19.8 Å². The largest absolute Gasteiger partial charge is 0.491 e. The van der Waals surface area contributed by atoms with Gasteiger partial charge in [0, 0.05) is 0 Å². The molecule has 82 valence electrons. The van der Waals surface area contributed by atoms with Gasteiger partial charge in [0.2, 0.25) is 0 Å². The smallest absolute Gasteiger partial charge is 0.316 e. The van der Waals surface area contributed by atoms with E-state index >= 15 is 0 Å². The predicted octanol–water partition coefficient (Wildman–Crippen LogP) is 2.36. The number of carbonyl (C=O) groups is 1. The summed E-state index contributed by atoms with van der Waals surface area (Å²) in [6, 6.07) is 6.65.